The minimum Gasteiger partial charge on any atom is -0.481 e. The molecule has 11 heavy (non-hydrogen) atoms. The number of carbonyl (C=O) groups is 1. The van der Waals surface area contributed by atoms with E-state index in [-0.39, 0.29) is 0 Å². The molecule has 0 aromatic carbocycles. The van der Waals surface area contributed by atoms with Crippen LogP contribution in [0.15, 0.2) is 0 Å². The lowest BCUT2D eigenvalue weighted by Crippen LogP contribution is -2.20. The molecule has 3 heteroatoms. The Labute approximate surface area is 68.0 Å². The summed E-state index contributed by atoms with van der Waals surface area (Å²) >= 11 is 0. The number of carboxylic acids is 1. The summed E-state index contributed by atoms with van der Waals surface area (Å²) in [6.45, 7) is 6.92. The van der Waals surface area contributed by atoms with Gasteiger partial charge in [-0.05, 0) is 19.8 Å². The highest BCUT2D eigenvalue weighted by Gasteiger charge is 2.12. The third-order valence-corrected chi connectivity index (χ3v) is 1.52. The van der Waals surface area contributed by atoms with Crippen LogP contribution in [0.2, 0.25) is 0 Å². The number of hydrogen-bond acceptors (Lipinski definition) is 2. The van der Waals surface area contributed by atoms with Crippen LogP contribution in [-0.4, -0.2) is 21.8 Å². The Morgan fingerprint density at radius 2 is 1.55 bits per heavy atom. The largest absolute Gasteiger partial charge is 0.481 e. The van der Waals surface area contributed by atoms with E-state index in [1.54, 1.807) is 0 Å². The molecule has 0 amide bonds. The second kappa shape index (κ2) is 6.16. The molecule has 0 aliphatic carbocycles. The fraction of sp³-hybridized carbons (Fsp3) is 0.875. The van der Waals surface area contributed by atoms with E-state index in [1.807, 2.05) is 20.8 Å². The quantitative estimate of drug-likeness (QED) is 0.649. The van der Waals surface area contributed by atoms with Crippen LogP contribution < -0.4 is 0 Å². The van der Waals surface area contributed by atoms with E-state index in [0.717, 1.165) is 19.8 Å². The zero-order valence-electron chi connectivity index (χ0n) is 7.72. The van der Waals surface area contributed by atoms with Gasteiger partial charge in [0.15, 0.2) is 0 Å². The molecule has 0 aliphatic heterocycles. The number of aliphatic carboxylic acids is 1. The molecular formula is C8H18O3. The van der Waals surface area contributed by atoms with Gasteiger partial charge in [0, 0.05) is 6.92 Å². The molecule has 0 radical (unpaired) electrons. The topological polar surface area (TPSA) is 57.5 Å². The lowest BCUT2D eigenvalue weighted by Gasteiger charge is -2.17. The average Bonchev–Trinajstić information content (AvgIpc) is 1.87. The van der Waals surface area contributed by atoms with Gasteiger partial charge < -0.3 is 10.2 Å². The molecule has 0 unspecified atom stereocenters. The van der Waals surface area contributed by atoms with Crippen LogP contribution in [0.25, 0.3) is 0 Å². The lowest BCUT2D eigenvalue weighted by molar-refractivity contribution is -0.134. The van der Waals surface area contributed by atoms with E-state index in [2.05, 4.69) is 0 Å². The molecular weight excluding hydrogens is 144 g/mol. The maximum Gasteiger partial charge on any atom is 0.300 e. The molecule has 2 N–H and O–H groups in total. The van der Waals surface area contributed by atoms with Crippen molar-refractivity contribution in [3.63, 3.8) is 0 Å². The molecule has 0 aromatic heterocycles. The molecule has 0 spiro atoms. The van der Waals surface area contributed by atoms with Crippen LogP contribution in [0, 0.1) is 0 Å². The number of rotatable bonds is 2. The fourth-order valence-corrected chi connectivity index (χ4v) is 0.250. The molecule has 0 atom stereocenters. The predicted octanol–water partition coefficient (Wildman–Crippen LogP) is 1.65. The molecule has 68 valence electrons. The van der Waals surface area contributed by atoms with Crippen molar-refractivity contribution < 1.29 is 15.0 Å². The van der Waals surface area contributed by atoms with Crippen molar-refractivity contribution in [2.75, 3.05) is 0 Å². The van der Waals surface area contributed by atoms with Crippen LogP contribution in [0.4, 0.5) is 0 Å². The van der Waals surface area contributed by atoms with Gasteiger partial charge in [-0.2, -0.15) is 0 Å². The van der Waals surface area contributed by atoms with Gasteiger partial charge in [0.05, 0.1) is 5.60 Å². The Morgan fingerprint density at radius 1 is 1.36 bits per heavy atom. The maximum absolute atomic E-state index is 9.13. The summed E-state index contributed by atoms with van der Waals surface area (Å²) in [5, 5.41) is 16.5. The SMILES string of the molecule is CC(=O)O.CCC(C)(O)CC. The van der Waals surface area contributed by atoms with Crippen molar-refractivity contribution >= 4 is 5.97 Å². The van der Waals surface area contributed by atoms with E-state index in [0.29, 0.717) is 0 Å². The second-order valence-corrected chi connectivity index (χ2v) is 2.72. The zero-order chi connectivity index (χ0) is 9.49. The minimum absolute atomic E-state index is 0.417. The number of carboxylic acid groups (broad SMARTS) is 1. The van der Waals surface area contributed by atoms with E-state index in [9.17, 15) is 0 Å². The molecule has 0 aliphatic rings. The lowest BCUT2D eigenvalue weighted by atomic mass is 10.0. The van der Waals surface area contributed by atoms with Gasteiger partial charge in [0.25, 0.3) is 5.97 Å². The summed E-state index contributed by atoms with van der Waals surface area (Å²) < 4.78 is 0. The highest BCUT2D eigenvalue weighted by molar-refractivity contribution is 5.62. The Morgan fingerprint density at radius 3 is 1.55 bits per heavy atom. The summed E-state index contributed by atoms with van der Waals surface area (Å²) in [7, 11) is 0. The van der Waals surface area contributed by atoms with Crippen molar-refractivity contribution in [1.82, 2.24) is 0 Å². The zero-order valence-corrected chi connectivity index (χ0v) is 7.72. The van der Waals surface area contributed by atoms with Crippen molar-refractivity contribution in [1.29, 1.82) is 0 Å². The molecule has 0 aromatic rings. The Balaban J connectivity index is 0. The molecule has 0 saturated carbocycles. The maximum atomic E-state index is 9.13. The van der Waals surface area contributed by atoms with Crippen molar-refractivity contribution in [2.24, 2.45) is 0 Å². The highest BCUT2D eigenvalue weighted by Crippen LogP contribution is 2.11. The summed E-state index contributed by atoms with van der Waals surface area (Å²) in [6.07, 6.45) is 1.70. The Kier molecular flexibility index (Phi) is 7.31. The van der Waals surface area contributed by atoms with E-state index in [4.69, 9.17) is 15.0 Å². The summed E-state index contributed by atoms with van der Waals surface area (Å²) in [4.78, 5) is 9.00. The Hall–Kier alpha value is -0.570. The van der Waals surface area contributed by atoms with E-state index < -0.39 is 11.6 Å². The van der Waals surface area contributed by atoms with E-state index in [1.165, 1.54) is 0 Å². The minimum atomic E-state index is -0.833. The monoisotopic (exact) mass is 162 g/mol. The molecule has 0 heterocycles. The first-order valence-corrected chi connectivity index (χ1v) is 3.77. The number of aliphatic hydroxyl groups is 1. The van der Waals surface area contributed by atoms with Gasteiger partial charge in [-0.15, -0.1) is 0 Å². The van der Waals surface area contributed by atoms with Crippen molar-refractivity contribution in [2.45, 2.75) is 46.1 Å². The predicted molar refractivity (Wildman–Crippen MR) is 44.5 cm³/mol. The molecule has 3 nitrogen and oxygen atoms in total. The number of hydrogen-bond donors (Lipinski definition) is 2. The smallest absolute Gasteiger partial charge is 0.300 e. The van der Waals surface area contributed by atoms with Crippen LogP contribution in [0.1, 0.15) is 40.5 Å². The normalized spacial score (nSPS) is 9.91. The van der Waals surface area contributed by atoms with Gasteiger partial charge in [0.2, 0.25) is 0 Å². The van der Waals surface area contributed by atoms with E-state index >= 15 is 0 Å². The summed E-state index contributed by atoms with van der Waals surface area (Å²) in [6, 6.07) is 0. The van der Waals surface area contributed by atoms with Crippen LogP contribution in [0.3, 0.4) is 0 Å². The van der Waals surface area contributed by atoms with Crippen LogP contribution in [-0.2, 0) is 4.79 Å². The summed E-state index contributed by atoms with van der Waals surface area (Å²) in [5.74, 6) is -0.833. The standard InChI is InChI=1S/C6H14O.C2H4O2/c1-4-6(3,7)5-2;1-2(3)4/h7H,4-5H2,1-3H3;1H3,(H,3,4). The molecule has 0 rings (SSSR count). The molecule has 0 saturated heterocycles. The molecule has 0 fully saturated rings. The average molecular weight is 162 g/mol. The first-order chi connectivity index (χ1) is 4.85. The van der Waals surface area contributed by atoms with Crippen LogP contribution in [0.5, 0.6) is 0 Å². The van der Waals surface area contributed by atoms with Gasteiger partial charge in [-0.1, -0.05) is 13.8 Å². The first kappa shape index (κ1) is 13.1. The fourth-order valence-electron chi connectivity index (χ4n) is 0.250. The van der Waals surface area contributed by atoms with Gasteiger partial charge in [-0.25, -0.2) is 0 Å². The van der Waals surface area contributed by atoms with Gasteiger partial charge >= 0.3 is 0 Å². The van der Waals surface area contributed by atoms with Gasteiger partial charge in [-0.3, -0.25) is 4.79 Å². The first-order valence-electron chi connectivity index (χ1n) is 3.77. The van der Waals surface area contributed by atoms with Gasteiger partial charge in [0.1, 0.15) is 0 Å². The van der Waals surface area contributed by atoms with Crippen molar-refractivity contribution in [3.05, 3.63) is 0 Å². The highest BCUT2D eigenvalue weighted by atomic mass is 16.4. The third-order valence-electron chi connectivity index (χ3n) is 1.52. The van der Waals surface area contributed by atoms with Crippen molar-refractivity contribution in [3.8, 4) is 0 Å². The Bertz CT molecular complexity index is 97.9. The van der Waals surface area contributed by atoms with Crippen LogP contribution >= 0.6 is 0 Å². The third kappa shape index (κ3) is 17.7. The molecule has 0 bridgehead atoms. The second-order valence-electron chi connectivity index (χ2n) is 2.72. The summed E-state index contributed by atoms with van der Waals surface area (Å²) in [5.41, 5.74) is -0.417.